The van der Waals surface area contributed by atoms with Crippen LogP contribution in [0, 0.1) is 0 Å². The van der Waals surface area contributed by atoms with Crippen LogP contribution >= 0.6 is 22.9 Å². The molecule has 1 aromatic heterocycles. The van der Waals surface area contributed by atoms with E-state index in [0.717, 1.165) is 27.6 Å². The van der Waals surface area contributed by atoms with Crippen LogP contribution in [-0.4, -0.2) is 17.0 Å². The number of benzene rings is 1. The van der Waals surface area contributed by atoms with Crippen molar-refractivity contribution in [2.75, 3.05) is 0 Å². The molecule has 2 nitrogen and oxygen atoms in total. The highest BCUT2D eigenvalue weighted by atomic mass is 35.5. The Morgan fingerprint density at radius 2 is 2.05 bits per heavy atom. The third kappa shape index (κ3) is 3.09. The van der Waals surface area contributed by atoms with Gasteiger partial charge in [-0.1, -0.05) is 41.9 Å². The maximum atomic E-state index is 12.4. The van der Waals surface area contributed by atoms with E-state index >= 15 is 0 Å². The maximum absolute atomic E-state index is 12.4. The van der Waals surface area contributed by atoms with E-state index in [-0.39, 0.29) is 11.3 Å². The minimum absolute atomic E-state index is 0.0975. The summed E-state index contributed by atoms with van der Waals surface area (Å²) in [7, 11) is 0. The molecular weight excluding hydrogens is 302 g/mol. The Kier molecular flexibility index (Phi) is 3.72. The lowest BCUT2D eigenvalue weighted by Crippen LogP contribution is -2.28. The van der Waals surface area contributed by atoms with Crippen molar-refractivity contribution in [2.45, 2.75) is 32.2 Å². The monoisotopic (exact) mass is 317 g/mol. The molecule has 0 fully saturated rings. The lowest BCUT2D eigenvalue weighted by Gasteiger charge is -2.26. The molecule has 1 aliphatic heterocycles. The van der Waals surface area contributed by atoms with Gasteiger partial charge < -0.3 is 0 Å². The van der Waals surface area contributed by atoms with Gasteiger partial charge in [-0.05, 0) is 19.9 Å². The van der Waals surface area contributed by atoms with Crippen molar-refractivity contribution in [2.24, 2.45) is 4.99 Å². The first-order chi connectivity index (χ1) is 9.94. The number of aliphatic imine (C=N–C) groups is 1. The van der Waals surface area contributed by atoms with Gasteiger partial charge in [-0.3, -0.25) is 9.79 Å². The fourth-order valence-corrected chi connectivity index (χ4v) is 4.16. The lowest BCUT2D eigenvalue weighted by molar-refractivity contribution is 0.100. The average Bonchev–Trinajstić information content (AvgIpc) is 2.78. The number of thiophene rings is 1. The number of hydrogen-bond donors (Lipinski definition) is 0. The quantitative estimate of drug-likeness (QED) is 0.748. The number of carbonyl (C=O) groups is 1. The summed E-state index contributed by atoms with van der Waals surface area (Å²) >= 11 is 7.73. The highest BCUT2D eigenvalue weighted by molar-refractivity contribution is 7.16. The van der Waals surface area contributed by atoms with E-state index in [4.69, 9.17) is 16.6 Å². The van der Waals surface area contributed by atoms with Crippen LogP contribution in [0.2, 0.25) is 4.34 Å². The number of nitrogens with zero attached hydrogens (tertiary/aromatic N) is 1. The summed E-state index contributed by atoms with van der Waals surface area (Å²) in [5.74, 6) is 0.0975. The fourth-order valence-electron chi connectivity index (χ4n) is 2.64. The number of hydrogen-bond acceptors (Lipinski definition) is 3. The molecule has 0 saturated heterocycles. The smallest absolute Gasteiger partial charge is 0.168 e. The van der Waals surface area contributed by atoms with E-state index in [1.54, 1.807) is 11.3 Å². The van der Waals surface area contributed by atoms with Crippen LogP contribution in [0.3, 0.4) is 0 Å². The highest BCUT2D eigenvalue weighted by Crippen LogP contribution is 2.36. The van der Waals surface area contributed by atoms with E-state index in [2.05, 4.69) is 13.8 Å². The maximum Gasteiger partial charge on any atom is 0.168 e. The number of ketones is 1. The summed E-state index contributed by atoms with van der Waals surface area (Å²) in [4.78, 5) is 18.4. The zero-order valence-corrected chi connectivity index (χ0v) is 13.6. The largest absolute Gasteiger partial charge is 0.294 e. The van der Waals surface area contributed by atoms with Crippen LogP contribution in [0.15, 0.2) is 41.4 Å². The van der Waals surface area contributed by atoms with Crippen molar-refractivity contribution in [1.29, 1.82) is 0 Å². The number of fused-ring (bicyclic) bond motifs is 1. The van der Waals surface area contributed by atoms with Crippen molar-refractivity contribution in [3.05, 3.63) is 56.7 Å². The number of carbonyl (C=O) groups excluding carboxylic acids is 1. The van der Waals surface area contributed by atoms with Gasteiger partial charge in [0.2, 0.25) is 0 Å². The average molecular weight is 318 g/mol. The van der Waals surface area contributed by atoms with Crippen LogP contribution in [-0.2, 0) is 6.42 Å². The standard InChI is InChI=1S/C17H16ClNOS/c1-17(2)10-15-12(8-16(18)21-15)13(19-17)9-14(20)11-6-4-3-5-7-11/h3-8H,9-10H2,1-2H3. The Hall–Kier alpha value is -1.45. The van der Waals surface area contributed by atoms with Crippen LogP contribution in [0.25, 0.3) is 0 Å². The van der Waals surface area contributed by atoms with Gasteiger partial charge in [0.15, 0.2) is 5.78 Å². The van der Waals surface area contributed by atoms with Gasteiger partial charge in [-0.2, -0.15) is 0 Å². The molecule has 0 bridgehead atoms. The molecule has 4 heteroatoms. The topological polar surface area (TPSA) is 29.4 Å². The molecule has 2 aromatic rings. The van der Waals surface area contributed by atoms with E-state index < -0.39 is 0 Å². The number of rotatable bonds is 3. The normalized spacial score (nSPS) is 16.2. The molecule has 21 heavy (non-hydrogen) atoms. The molecule has 108 valence electrons. The molecule has 0 radical (unpaired) electrons. The minimum Gasteiger partial charge on any atom is -0.294 e. The van der Waals surface area contributed by atoms with Gasteiger partial charge in [0, 0.05) is 22.4 Å². The van der Waals surface area contributed by atoms with Crippen molar-refractivity contribution in [1.82, 2.24) is 0 Å². The Labute approximate surface area is 133 Å². The first kappa shape index (κ1) is 14.5. The molecule has 3 rings (SSSR count). The predicted octanol–water partition coefficient (Wildman–Crippen LogP) is 4.80. The van der Waals surface area contributed by atoms with Gasteiger partial charge >= 0.3 is 0 Å². The van der Waals surface area contributed by atoms with E-state index in [9.17, 15) is 4.79 Å². The second-order valence-electron chi connectivity index (χ2n) is 5.90. The molecular formula is C17H16ClNOS. The SMILES string of the molecule is CC1(C)Cc2sc(Cl)cc2C(CC(=O)c2ccccc2)=N1. The molecule has 2 heterocycles. The third-order valence-corrected chi connectivity index (χ3v) is 4.81. The molecule has 0 atom stereocenters. The van der Waals surface area contributed by atoms with Crippen molar-refractivity contribution < 1.29 is 4.79 Å². The molecule has 1 aliphatic rings. The van der Waals surface area contributed by atoms with Crippen molar-refractivity contribution in [3.63, 3.8) is 0 Å². The first-order valence-corrected chi connectivity index (χ1v) is 8.10. The summed E-state index contributed by atoms with van der Waals surface area (Å²) in [6.45, 7) is 4.19. The van der Waals surface area contributed by atoms with E-state index in [1.807, 2.05) is 36.4 Å². The molecule has 0 N–H and O–H groups in total. The Morgan fingerprint density at radius 1 is 1.33 bits per heavy atom. The van der Waals surface area contributed by atoms with Crippen LogP contribution < -0.4 is 0 Å². The molecule has 0 amide bonds. The second-order valence-corrected chi connectivity index (χ2v) is 7.67. The highest BCUT2D eigenvalue weighted by Gasteiger charge is 2.29. The van der Waals surface area contributed by atoms with E-state index in [1.165, 1.54) is 4.88 Å². The van der Waals surface area contributed by atoms with Gasteiger partial charge in [0.05, 0.1) is 22.0 Å². The van der Waals surface area contributed by atoms with Gasteiger partial charge in [-0.25, -0.2) is 0 Å². The molecule has 0 aliphatic carbocycles. The van der Waals surface area contributed by atoms with Crippen LogP contribution in [0.4, 0.5) is 0 Å². The predicted molar refractivity (Wildman–Crippen MR) is 89.0 cm³/mol. The summed E-state index contributed by atoms with van der Waals surface area (Å²) < 4.78 is 0.762. The van der Waals surface area contributed by atoms with Crippen molar-refractivity contribution in [3.8, 4) is 0 Å². The summed E-state index contributed by atoms with van der Waals surface area (Å²) in [5, 5.41) is 0. The molecule has 0 unspecified atom stereocenters. The Morgan fingerprint density at radius 3 is 2.76 bits per heavy atom. The zero-order valence-electron chi connectivity index (χ0n) is 12.0. The Balaban J connectivity index is 1.93. The van der Waals surface area contributed by atoms with Crippen LogP contribution in [0.1, 0.15) is 41.1 Å². The first-order valence-electron chi connectivity index (χ1n) is 6.90. The lowest BCUT2D eigenvalue weighted by atomic mass is 9.90. The molecule has 1 aromatic carbocycles. The molecule has 0 saturated carbocycles. The molecule has 0 spiro atoms. The number of Topliss-reactive ketones (excluding diaryl/α,β-unsaturated/α-hetero) is 1. The summed E-state index contributed by atoms with van der Waals surface area (Å²) in [6, 6.07) is 11.3. The third-order valence-electron chi connectivity index (χ3n) is 3.54. The number of halogens is 1. The zero-order chi connectivity index (χ0) is 15.0. The second kappa shape index (κ2) is 5.39. The van der Waals surface area contributed by atoms with Gasteiger partial charge in [0.1, 0.15) is 0 Å². The fraction of sp³-hybridized carbons (Fsp3) is 0.294. The summed E-state index contributed by atoms with van der Waals surface area (Å²) in [6.07, 6.45) is 1.20. The minimum atomic E-state index is -0.173. The van der Waals surface area contributed by atoms with Gasteiger partial charge in [0.25, 0.3) is 0 Å². The van der Waals surface area contributed by atoms with Crippen molar-refractivity contribution >= 4 is 34.4 Å². The van der Waals surface area contributed by atoms with Crippen LogP contribution in [0.5, 0.6) is 0 Å². The van der Waals surface area contributed by atoms with E-state index in [0.29, 0.717) is 6.42 Å². The Bertz CT molecular complexity index is 716. The van der Waals surface area contributed by atoms with Gasteiger partial charge in [-0.15, -0.1) is 11.3 Å². The summed E-state index contributed by atoms with van der Waals surface area (Å²) in [5.41, 5.74) is 2.46.